The van der Waals surface area contributed by atoms with Crippen LogP contribution in [0.1, 0.15) is 26.7 Å². The molecule has 2 atom stereocenters. The van der Waals surface area contributed by atoms with Gasteiger partial charge in [0.2, 0.25) is 0 Å². The van der Waals surface area contributed by atoms with Gasteiger partial charge in [0.1, 0.15) is 0 Å². The average Bonchev–Trinajstić information content (AvgIpc) is 1.93. The first-order valence-electron chi connectivity index (χ1n) is 4.59. The quantitative estimate of drug-likeness (QED) is 0.627. The van der Waals surface area contributed by atoms with Crippen molar-refractivity contribution >= 4 is 0 Å². The number of piperidine rings is 1. The van der Waals surface area contributed by atoms with Gasteiger partial charge in [0.05, 0.1) is 6.10 Å². The van der Waals surface area contributed by atoms with E-state index < -0.39 is 0 Å². The Morgan fingerprint density at radius 3 is 2.82 bits per heavy atom. The maximum atomic E-state index is 9.58. The molecule has 0 bridgehead atoms. The lowest BCUT2D eigenvalue weighted by Crippen LogP contribution is -2.40. The van der Waals surface area contributed by atoms with Crippen LogP contribution in [-0.4, -0.2) is 24.3 Å². The fourth-order valence-electron chi connectivity index (χ4n) is 1.76. The van der Waals surface area contributed by atoms with E-state index in [9.17, 15) is 5.11 Å². The predicted octanol–water partition coefficient (Wildman–Crippen LogP) is 1.00. The molecule has 2 nitrogen and oxygen atoms in total. The molecule has 0 aromatic carbocycles. The van der Waals surface area contributed by atoms with Crippen LogP contribution in [0.3, 0.4) is 0 Å². The molecule has 0 unspecified atom stereocenters. The molecular formula is C9H19NO. The molecule has 2 N–H and O–H groups in total. The summed E-state index contributed by atoms with van der Waals surface area (Å²) in [6.07, 6.45) is 2.02. The first-order chi connectivity index (χ1) is 5.20. The molecule has 66 valence electrons. The van der Waals surface area contributed by atoms with Crippen LogP contribution in [0, 0.1) is 11.8 Å². The van der Waals surface area contributed by atoms with Gasteiger partial charge >= 0.3 is 0 Å². The summed E-state index contributed by atoms with van der Waals surface area (Å²) in [6.45, 7) is 6.40. The van der Waals surface area contributed by atoms with Crippen LogP contribution in [0.25, 0.3) is 0 Å². The van der Waals surface area contributed by atoms with E-state index in [1.807, 2.05) is 0 Å². The van der Waals surface area contributed by atoms with Crippen LogP contribution in [0.5, 0.6) is 0 Å². The van der Waals surface area contributed by atoms with Crippen molar-refractivity contribution in [1.82, 2.24) is 5.32 Å². The Labute approximate surface area is 69.0 Å². The van der Waals surface area contributed by atoms with Crippen molar-refractivity contribution in [2.45, 2.75) is 32.8 Å². The second kappa shape index (κ2) is 4.07. The summed E-state index contributed by atoms with van der Waals surface area (Å²) < 4.78 is 0. The number of hydrogen-bond donors (Lipinski definition) is 2. The van der Waals surface area contributed by atoms with E-state index >= 15 is 0 Å². The zero-order chi connectivity index (χ0) is 8.27. The van der Waals surface area contributed by atoms with E-state index in [1.165, 1.54) is 0 Å². The number of hydrogen-bond acceptors (Lipinski definition) is 2. The van der Waals surface area contributed by atoms with Gasteiger partial charge in [-0.15, -0.1) is 0 Å². The Hall–Kier alpha value is -0.0800. The van der Waals surface area contributed by atoms with Crippen molar-refractivity contribution in [2.24, 2.45) is 11.8 Å². The van der Waals surface area contributed by atoms with Crippen molar-refractivity contribution in [2.75, 3.05) is 13.1 Å². The second-order valence-corrected chi connectivity index (χ2v) is 3.95. The Morgan fingerprint density at radius 2 is 2.27 bits per heavy atom. The smallest absolute Gasteiger partial charge is 0.0592 e. The van der Waals surface area contributed by atoms with Gasteiger partial charge in [-0.3, -0.25) is 0 Å². The monoisotopic (exact) mass is 157 g/mol. The highest BCUT2D eigenvalue weighted by molar-refractivity contribution is 4.77. The summed E-state index contributed by atoms with van der Waals surface area (Å²) >= 11 is 0. The summed E-state index contributed by atoms with van der Waals surface area (Å²) in [5.74, 6) is 1.19. The lowest BCUT2D eigenvalue weighted by molar-refractivity contribution is 0.0679. The van der Waals surface area contributed by atoms with Gasteiger partial charge in [0.15, 0.2) is 0 Å². The zero-order valence-electron chi connectivity index (χ0n) is 7.51. The maximum Gasteiger partial charge on any atom is 0.0592 e. The molecule has 1 fully saturated rings. The third kappa shape index (κ3) is 2.80. The molecule has 0 saturated carbocycles. The van der Waals surface area contributed by atoms with E-state index in [-0.39, 0.29) is 6.10 Å². The van der Waals surface area contributed by atoms with Crippen LogP contribution in [0.15, 0.2) is 0 Å². The summed E-state index contributed by atoms with van der Waals surface area (Å²) in [7, 11) is 0. The minimum absolute atomic E-state index is 0.0568. The van der Waals surface area contributed by atoms with E-state index in [1.54, 1.807) is 0 Å². The van der Waals surface area contributed by atoms with Crippen molar-refractivity contribution in [1.29, 1.82) is 0 Å². The molecule has 1 rings (SSSR count). The van der Waals surface area contributed by atoms with E-state index in [0.717, 1.165) is 25.9 Å². The molecule has 1 aliphatic heterocycles. The van der Waals surface area contributed by atoms with Crippen LogP contribution >= 0.6 is 0 Å². The molecule has 0 radical (unpaired) electrons. The Bertz CT molecular complexity index is 114. The van der Waals surface area contributed by atoms with Crippen LogP contribution in [-0.2, 0) is 0 Å². The first-order valence-corrected chi connectivity index (χ1v) is 4.59. The lowest BCUT2D eigenvalue weighted by atomic mass is 9.88. The third-order valence-electron chi connectivity index (χ3n) is 2.34. The minimum atomic E-state index is -0.0568. The first kappa shape index (κ1) is 9.01. The summed E-state index contributed by atoms with van der Waals surface area (Å²) in [6, 6.07) is 0. The number of aliphatic hydroxyl groups excluding tert-OH is 1. The number of rotatable bonds is 2. The molecule has 0 aromatic rings. The standard InChI is InChI=1S/C9H19NO/c1-7(2)5-8-6-10-4-3-9(8)11/h7-11H,3-6H2,1-2H3/t8-,9+/m1/s1. The molecular weight excluding hydrogens is 138 g/mol. The van der Waals surface area contributed by atoms with E-state index in [2.05, 4.69) is 19.2 Å². The van der Waals surface area contributed by atoms with Gasteiger partial charge in [0.25, 0.3) is 0 Å². The third-order valence-corrected chi connectivity index (χ3v) is 2.34. The summed E-state index contributed by atoms with van der Waals surface area (Å²) in [5, 5.41) is 12.9. The molecule has 0 amide bonds. The Kier molecular flexibility index (Phi) is 3.34. The normalized spacial score (nSPS) is 32.7. The van der Waals surface area contributed by atoms with Gasteiger partial charge in [-0.25, -0.2) is 0 Å². The highest BCUT2D eigenvalue weighted by atomic mass is 16.3. The average molecular weight is 157 g/mol. The number of aliphatic hydroxyl groups is 1. The van der Waals surface area contributed by atoms with Crippen molar-refractivity contribution in [3.63, 3.8) is 0 Å². The van der Waals surface area contributed by atoms with Gasteiger partial charge in [-0.2, -0.15) is 0 Å². The van der Waals surface area contributed by atoms with E-state index in [0.29, 0.717) is 11.8 Å². The van der Waals surface area contributed by atoms with Crippen LogP contribution in [0.2, 0.25) is 0 Å². The largest absolute Gasteiger partial charge is 0.393 e. The van der Waals surface area contributed by atoms with Crippen molar-refractivity contribution in [3.8, 4) is 0 Å². The van der Waals surface area contributed by atoms with Gasteiger partial charge in [-0.1, -0.05) is 13.8 Å². The lowest BCUT2D eigenvalue weighted by Gasteiger charge is -2.29. The zero-order valence-corrected chi connectivity index (χ0v) is 7.51. The fraction of sp³-hybridized carbons (Fsp3) is 1.00. The van der Waals surface area contributed by atoms with Gasteiger partial charge in [-0.05, 0) is 31.2 Å². The van der Waals surface area contributed by atoms with Gasteiger partial charge in [0, 0.05) is 6.54 Å². The molecule has 2 heteroatoms. The molecule has 1 aliphatic rings. The molecule has 1 saturated heterocycles. The Morgan fingerprint density at radius 1 is 1.55 bits per heavy atom. The molecule has 1 heterocycles. The highest BCUT2D eigenvalue weighted by Crippen LogP contribution is 2.19. The van der Waals surface area contributed by atoms with Gasteiger partial charge < -0.3 is 10.4 Å². The highest BCUT2D eigenvalue weighted by Gasteiger charge is 2.22. The summed E-state index contributed by atoms with van der Waals surface area (Å²) in [4.78, 5) is 0. The molecule has 0 spiro atoms. The predicted molar refractivity (Wildman–Crippen MR) is 46.4 cm³/mol. The molecule has 0 aliphatic carbocycles. The molecule has 11 heavy (non-hydrogen) atoms. The topological polar surface area (TPSA) is 32.3 Å². The number of nitrogens with one attached hydrogen (secondary N) is 1. The van der Waals surface area contributed by atoms with Crippen molar-refractivity contribution in [3.05, 3.63) is 0 Å². The maximum absolute atomic E-state index is 9.58. The minimum Gasteiger partial charge on any atom is -0.393 e. The Balaban J connectivity index is 2.29. The van der Waals surface area contributed by atoms with E-state index in [4.69, 9.17) is 0 Å². The van der Waals surface area contributed by atoms with Crippen LogP contribution < -0.4 is 5.32 Å². The SMILES string of the molecule is CC(C)C[C@@H]1CNCC[C@@H]1O. The fourth-order valence-corrected chi connectivity index (χ4v) is 1.76. The summed E-state index contributed by atoms with van der Waals surface area (Å²) in [5.41, 5.74) is 0. The van der Waals surface area contributed by atoms with Crippen molar-refractivity contribution < 1.29 is 5.11 Å². The van der Waals surface area contributed by atoms with Crippen LogP contribution in [0.4, 0.5) is 0 Å². The molecule has 0 aromatic heterocycles. The second-order valence-electron chi connectivity index (χ2n) is 3.95.